The van der Waals surface area contributed by atoms with E-state index in [1.165, 1.54) is 5.01 Å². The van der Waals surface area contributed by atoms with E-state index in [-0.39, 0.29) is 11.7 Å². The summed E-state index contributed by atoms with van der Waals surface area (Å²) in [6.45, 7) is 3.41. The molecule has 156 valence electrons. The summed E-state index contributed by atoms with van der Waals surface area (Å²) in [6, 6.07) is 10.3. The van der Waals surface area contributed by atoms with E-state index in [2.05, 4.69) is 21.0 Å². The Morgan fingerprint density at radius 2 is 1.97 bits per heavy atom. The lowest BCUT2D eigenvalue weighted by Crippen LogP contribution is -2.21. The third-order valence-electron chi connectivity index (χ3n) is 4.16. The molecule has 1 N–H and O–H groups in total. The highest BCUT2D eigenvalue weighted by molar-refractivity contribution is 9.10. The Kier molecular flexibility index (Phi) is 6.79. The van der Waals surface area contributed by atoms with E-state index < -0.39 is 12.6 Å². The van der Waals surface area contributed by atoms with Crippen molar-refractivity contribution in [3.63, 3.8) is 0 Å². The zero-order chi connectivity index (χ0) is 21.8. The topological polar surface area (TPSA) is 88.4 Å². The fourth-order valence-electron chi connectivity index (χ4n) is 2.81. The summed E-state index contributed by atoms with van der Waals surface area (Å²) in [5.41, 5.74) is 2.09. The van der Waals surface area contributed by atoms with Gasteiger partial charge in [0.2, 0.25) is 0 Å². The lowest BCUT2D eigenvalue weighted by molar-refractivity contribution is -0.139. The Labute approximate surface area is 186 Å². The normalized spacial score (nSPS) is 14.8. The SMILES string of the molecule is CCOc1cc(/C=C2/C(=O)N(c3ccccc3Cl)N=C2C)c(Br)cc1OCC(=O)O. The molecule has 1 aliphatic heterocycles. The van der Waals surface area contributed by atoms with Crippen molar-refractivity contribution in [3.05, 3.63) is 57.0 Å². The average molecular weight is 494 g/mol. The molecule has 0 aliphatic carbocycles. The monoisotopic (exact) mass is 492 g/mol. The molecule has 0 aromatic heterocycles. The van der Waals surface area contributed by atoms with Gasteiger partial charge < -0.3 is 14.6 Å². The molecule has 0 atom stereocenters. The number of carbonyl (C=O) groups excluding carboxylic acids is 1. The van der Waals surface area contributed by atoms with Crippen LogP contribution in [0.3, 0.4) is 0 Å². The van der Waals surface area contributed by atoms with Crippen LogP contribution >= 0.6 is 27.5 Å². The summed E-state index contributed by atoms with van der Waals surface area (Å²) >= 11 is 9.66. The maximum atomic E-state index is 13.0. The Balaban J connectivity index is 1.97. The number of anilines is 1. The third kappa shape index (κ3) is 4.66. The summed E-state index contributed by atoms with van der Waals surface area (Å²) in [6.07, 6.45) is 1.69. The fraction of sp³-hybridized carbons (Fsp3) is 0.190. The van der Waals surface area contributed by atoms with Gasteiger partial charge in [0.1, 0.15) is 0 Å². The second-order valence-electron chi connectivity index (χ2n) is 6.25. The molecule has 7 nitrogen and oxygen atoms in total. The molecule has 3 rings (SSSR count). The molecular weight excluding hydrogens is 476 g/mol. The number of carboxylic acid groups (broad SMARTS) is 1. The minimum atomic E-state index is -1.09. The Bertz CT molecular complexity index is 1070. The number of rotatable bonds is 7. The fourth-order valence-corrected chi connectivity index (χ4v) is 3.46. The smallest absolute Gasteiger partial charge is 0.341 e. The Hall–Kier alpha value is -2.84. The molecule has 0 saturated heterocycles. The van der Waals surface area contributed by atoms with Gasteiger partial charge in [-0.3, -0.25) is 4.79 Å². The van der Waals surface area contributed by atoms with Crippen LogP contribution in [0.25, 0.3) is 6.08 Å². The molecule has 0 bridgehead atoms. The molecule has 30 heavy (non-hydrogen) atoms. The maximum absolute atomic E-state index is 13.0. The molecule has 0 fully saturated rings. The number of hydrogen-bond donors (Lipinski definition) is 1. The number of benzene rings is 2. The number of para-hydroxylation sites is 1. The first kappa shape index (κ1) is 21.9. The molecule has 2 aromatic carbocycles. The summed E-state index contributed by atoms with van der Waals surface area (Å²) in [5.74, 6) is -0.745. The number of amides is 1. The minimum absolute atomic E-state index is 0.286. The van der Waals surface area contributed by atoms with Crippen LogP contribution in [0.1, 0.15) is 19.4 Å². The summed E-state index contributed by atoms with van der Waals surface area (Å²) in [5, 5.41) is 14.9. The Morgan fingerprint density at radius 3 is 2.63 bits per heavy atom. The highest BCUT2D eigenvalue weighted by Gasteiger charge is 2.30. The van der Waals surface area contributed by atoms with Gasteiger partial charge >= 0.3 is 5.97 Å². The lowest BCUT2D eigenvalue weighted by atomic mass is 10.1. The van der Waals surface area contributed by atoms with Gasteiger partial charge in [0, 0.05) is 4.47 Å². The van der Waals surface area contributed by atoms with Crippen molar-refractivity contribution in [3.8, 4) is 11.5 Å². The molecule has 0 unspecified atom stereocenters. The van der Waals surface area contributed by atoms with Crippen LogP contribution in [-0.4, -0.2) is 35.9 Å². The number of hydrogen-bond acceptors (Lipinski definition) is 5. The summed E-state index contributed by atoms with van der Waals surface area (Å²) < 4.78 is 11.5. The molecule has 1 aliphatic rings. The predicted molar refractivity (Wildman–Crippen MR) is 118 cm³/mol. The molecule has 0 saturated carbocycles. The van der Waals surface area contributed by atoms with Gasteiger partial charge in [-0.15, -0.1) is 0 Å². The second-order valence-corrected chi connectivity index (χ2v) is 7.51. The van der Waals surface area contributed by atoms with Crippen LogP contribution < -0.4 is 14.5 Å². The highest BCUT2D eigenvalue weighted by atomic mass is 79.9. The van der Waals surface area contributed by atoms with E-state index in [0.29, 0.717) is 44.4 Å². The van der Waals surface area contributed by atoms with Crippen LogP contribution in [0.4, 0.5) is 5.69 Å². The van der Waals surface area contributed by atoms with E-state index >= 15 is 0 Å². The number of halogens is 2. The number of carboxylic acids is 1. The Morgan fingerprint density at radius 1 is 1.27 bits per heavy atom. The van der Waals surface area contributed by atoms with Gasteiger partial charge in [-0.2, -0.15) is 10.1 Å². The van der Waals surface area contributed by atoms with Gasteiger partial charge in [-0.25, -0.2) is 4.79 Å². The van der Waals surface area contributed by atoms with Crippen LogP contribution in [0.15, 0.2) is 51.5 Å². The number of hydrazone groups is 1. The number of aliphatic carboxylic acids is 1. The van der Waals surface area contributed by atoms with E-state index in [1.807, 2.05) is 0 Å². The van der Waals surface area contributed by atoms with Gasteiger partial charge in [0.05, 0.1) is 28.6 Å². The van der Waals surface area contributed by atoms with Crippen molar-refractivity contribution in [2.24, 2.45) is 5.10 Å². The zero-order valence-electron chi connectivity index (χ0n) is 16.2. The highest BCUT2D eigenvalue weighted by Crippen LogP contribution is 2.36. The van der Waals surface area contributed by atoms with Crippen molar-refractivity contribution in [2.75, 3.05) is 18.2 Å². The molecule has 1 heterocycles. The molecular formula is C21H18BrClN2O5. The largest absolute Gasteiger partial charge is 0.490 e. The molecule has 9 heteroatoms. The van der Waals surface area contributed by atoms with Crippen molar-refractivity contribution in [1.82, 2.24) is 0 Å². The van der Waals surface area contributed by atoms with E-state index in [1.54, 1.807) is 56.3 Å². The quantitative estimate of drug-likeness (QED) is 0.561. The molecule has 1 amide bonds. The first-order valence-electron chi connectivity index (χ1n) is 8.99. The molecule has 0 radical (unpaired) electrons. The zero-order valence-corrected chi connectivity index (χ0v) is 18.5. The standard InChI is InChI=1S/C21H18BrClN2O5/c1-3-29-18-9-13(15(22)10-19(18)30-11-20(26)27)8-14-12(2)24-25(21(14)28)17-7-5-4-6-16(17)23/h4-10H,3,11H2,1-2H3,(H,26,27)/b14-8+. The van der Waals surface area contributed by atoms with Crippen LogP contribution in [0.5, 0.6) is 11.5 Å². The van der Waals surface area contributed by atoms with Crippen LogP contribution in [-0.2, 0) is 9.59 Å². The first-order valence-corrected chi connectivity index (χ1v) is 10.2. The van der Waals surface area contributed by atoms with Crippen LogP contribution in [0.2, 0.25) is 5.02 Å². The van der Waals surface area contributed by atoms with Crippen molar-refractivity contribution < 1.29 is 24.2 Å². The van der Waals surface area contributed by atoms with E-state index in [9.17, 15) is 9.59 Å². The second kappa shape index (κ2) is 9.32. The van der Waals surface area contributed by atoms with Gasteiger partial charge in [0.25, 0.3) is 5.91 Å². The minimum Gasteiger partial charge on any atom is -0.490 e. The third-order valence-corrected chi connectivity index (χ3v) is 5.16. The van der Waals surface area contributed by atoms with E-state index in [0.717, 1.165) is 0 Å². The molecule has 2 aromatic rings. The summed E-state index contributed by atoms with van der Waals surface area (Å²) in [4.78, 5) is 23.8. The average Bonchev–Trinajstić information content (AvgIpc) is 2.97. The summed E-state index contributed by atoms with van der Waals surface area (Å²) in [7, 11) is 0. The van der Waals surface area contributed by atoms with Crippen molar-refractivity contribution >= 4 is 56.9 Å². The lowest BCUT2D eigenvalue weighted by Gasteiger charge is -2.14. The maximum Gasteiger partial charge on any atom is 0.341 e. The molecule has 0 spiro atoms. The number of nitrogens with zero attached hydrogens (tertiary/aromatic N) is 2. The van der Waals surface area contributed by atoms with Gasteiger partial charge in [-0.05, 0) is 49.8 Å². The van der Waals surface area contributed by atoms with E-state index in [4.69, 9.17) is 26.2 Å². The van der Waals surface area contributed by atoms with Crippen molar-refractivity contribution in [2.45, 2.75) is 13.8 Å². The predicted octanol–water partition coefficient (Wildman–Crippen LogP) is 4.77. The van der Waals surface area contributed by atoms with Gasteiger partial charge in [0.15, 0.2) is 18.1 Å². The van der Waals surface area contributed by atoms with Crippen molar-refractivity contribution in [1.29, 1.82) is 0 Å². The van der Waals surface area contributed by atoms with Crippen LogP contribution in [0, 0.1) is 0 Å². The number of carbonyl (C=O) groups is 2. The van der Waals surface area contributed by atoms with Gasteiger partial charge in [-0.1, -0.05) is 39.7 Å². The number of ether oxygens (including phenoxy) is 2. The first-order chi connectivity index (χ1) is 14.3.